The number of rotatable bonds is 21. The van der Waals surface area contributed by atoms with Crippen molar-refractivity contribution in [3.63, 3.8) is 0 Å². The van der Waals surface area contributed by atoms with Crippen LogP contribution in [0.1, 0.15) is 166 Å². The fourth-order valence-corrected chi connectivity index (χ4v) is 5.54. The third-order valence-corrected chi connectivity index (χ3v) is 7.60. The van der Waals surface area contributed by atoms with Gasteiger partial charge in [-0.3, -0.25) is 0 Å². The number of carbonyl (C=O) groups is 3. The van der Waals surface area contributed by atoms with Gasteiger partial charge in [0.05, 0.1) is 16.7 Å². The van der Waals surface area contributed by atoms with Crippen LogP contribution in [0, 0.1) is 17.8 Å². The molecule has 1 aromatic carbocycles. The zero-order valence-electron chi connectivity index (χ0n) is 25.4. The lowest BCUT2D eigenvalue weighted by molar-refractivity contribution is 0.0631. The Balaban J connectivity index is 3.58. The minimum absolute atomic E-state index is 0.315. The SMILES string of the molecule is CC(C)CCCCCc1c(CCCCCC(C)C)c(C(=O)O)c(C(=O)O)c(C(=O)O)c1CCCCCC(C)C. The molecule has 0 spiro atoms. The highest BCUT2D eigenvalue weighted by atomic mass is 16.4. The Morgan fingerprint density at radius 3 is 0.974 bits per heavy atom. The van der Waals surface area contributed by atoms with E-state index in [0.29, 0.717) is 48.1 Å². The molecule has 39 heavy (non-hydrogen) atoms. The Bertz CT molecular complexity index is 872. The summed E-state index contributed by atoms with van der Waals surface area (Å²) in [5, 5.41) is 30.5. The molecule has 0 amide bonds. The average Bonchev–Trinajstić information content (AvgIpc) is 2.82. The summed E-state index contributed by atoms with van der Waals surface area (Å²) in [6, 6.07) is 0. The van der Waals surface area contributed by atoms with Gasteiger partial charge in [-0.1, -0.05) is 99.3 Å². The first-order chi connectivity index (χ1) is 18.4. The fraction of sp³-hybridized carbons (Fsp3) is 0.727. The van der Waals surface area contributed by atoms with Gasteiger partial charge in [0, 0.05) is 0 Å². The molecule has 3 N–H and O–H groups in total. The summed E-state index contributed by atoms with van der Waals surface area (Å²) in [5.41, 5.74) is 0.708. The van der Waals surface area contributed by atoms with Crippen LogP contribution in [0.3, 0.4) is 0 Å². The van der Waals surface area contributed by atoms with E-state index in [-0.39, 0.29) is 11.1 Å². The molecule has 0 aliphatic heterocycles. The van der Waals surface area contributed by atoms with Crippen LogP contribution in [0.5, 0.6) is 0 Å². The van der Waals surface area contributed by atoms with Crippen molar-refractivity contribution in [3.8, 4) is 0 Å². The van der Waals surface area contributed by atoms with Crippen molar-refractivity contribution < 1.29 is 29.7 Å². The van der Waals surface area contributed by atoms with E-state index < -0.39 is 23.5 Å². The minimum atomic E-state index is -1.48. The number of benzene rings is 1. The van der Waals surface area contributed by atoms with Gasteiger partial charge in [0.15, 0.2) is 0 Å². The molecule has 6 heteroatoms. The summed E-state index contributed by atoms with van der Waals surface area (Å²) in [7, 11) is 0. The maximum absolute atomic E-state index is 12.5. The van der Waals surface area contributed by atoms with Crippen LogP contribution in [0.4, 0.5) is 0 Å². The van der Waals surface area contributed by atoms with E-state index in [0.717, 1.165) is 82.6 Å². The monoisotopic (exact) mass is 546 g/mol. The van der Waals surface area contributed by atoms with E-state index in [9.17, 15) is 29.7 Å². The number of aromatic carboxylic acids is 3. The predicted octanol–water partition coefficient (Wildman–Crippen LogP) is 9.06. The van der Waals surface area contributed by atoms with Gasteiger partial charge in [0.2, 0.25) is 0 Å². The van der Waals surface area contributed by atoms with Crippen molar-refractivity contribution in [2.45, 2.75) is 138 Å². The number of carboxylic acid groups (broad SMARTS) is 3. The largest absolute Gasteiger partial charge is 0.478 e. The second kappa shape index (κ2) is 18.1. The number of carboxylic acids is 3. The zero-order valence-corrected chi connectivity index (χ0v) is 25.4. The molecule has 0 heterocycles. The highest BCUT2D eigenvalue weighted by molar-refractivity contribution is 6.11. The highest BCUT2D eigenvalue weighted by Gasteiger charge is 2.33. The number of unbranched alkanes of at least 4 members (excludes halogenated alkanes) is 6. The topological polar surface area (TPSA) is 112 Å². The molecule has 1 rings (SSSR count). The Kier molecular flexibility index (Phi) is 16.1. The van der Waals surface area contributed by atoms with Gasteiger partial charge >= 0.3 is 17.9 Å². The molecular formula is C33H54O6. The Morgan fingerprint density at radius 2 is 0.718 bits per heavy atom. The Labute approximate surface area is 236 Å². The Morgan fingerprint density at radius 1 is 0.436 bits per heavy atom. The van der Waals surface area contributed by atoms with Gasteiger partial charge in [-0.25, -0.2) is 14.4 Å². The van der Waals surface area contributed by atoms with E-state index in [2.05, 4.69) is 41.5 Å². The van der Waals surface area contributed by atoms with Crippen molar-refractivity contribution >= 4 is 17.9 Å². The molecule has 0 radical (unpaired) electrons. The summed E-state index contributed by atoms with van der Waals surface area (Å²) in [6.07, 6.45) is 13.1. The van der Waals surface area contributed by atoms with Crippen molar-refractivity contribution in [3.05, 3.63) is 33.4 Å². The summed E-state index contributed by atoms with van der Waals surface area (Å²) in [6.45, 7) is 13.1. The van der Waals surface area contributed by atoms with Gasteiger partial charge in [0.25, 0.3) is 0 Å². The molecule has 0 unspecified atom stereocenters. The van der Waals surface area contributed by atoms with Crippen LogP contribution in [-0.2, 0) is 19.3 Å². The van der Waals surface area contributed by atoms with Crippen LogP contribution in [0.2, 0.25) is 0 Å². The lowest BCUT2D eigenvalue weighted by Crippen LogP contribution is -2.23. The molecular weight excluding hydrogens is 492 g/mol. The van der Waals surface area contributed by atoms with E-state index in [1.54, 1.807) is 0 Å². The van der Waals surface area contributed by atoms with Crippen LogP contribution >= 0.6 is 0 Å². The summed E-state index contributed by atoms with van der Waals surface area (Å²) in [5.74, 6) is -2.38. The molecule has 0 saturated carbocycles. The Hall–Kier alpha value is -2.37. The fourth-order valence-electron chi connectivity index (χ4n) is 5.54. The molecule has 0 aliphatic carbocycles. The van der Waals surface area contributed by atoms with E-state index >= 15 is 0 Å². The zero-order chi connectivity index (χ0) is 29.5. The molecule has 6 nitrogen and oxygen atoms in total. The summed E-state index contributed by atoms with van der Waals surface area (Å²) in [4.78, 5) is 37.4. The van der Waals surface area contributed by atoms with Gasteiger partial charge in [-0.05, 0) is 73.0 Å². The number of hydrogen-bond acceptors (Lipinski definition) is 3. The lowest BCUT2D eigenvalue weighted by Gasteiger charge is -2.23. The molecule has 0 bridgehead atoms. The molecule has 0 aromatic heterocycles. The van der Waals surface area contributed by atoms with Crippen molar-refractivity contribution in [2.24, 2.45) is 17.8 Å². The van der Waals surface area contributed by atoms with Crippen LogP contribution in [0.15, 0.2) is 0 Å². The van der Waals surface area contributed by atoms with E-state index in [1.807, 2.05) is 0 Å². The first-order valence-electron chi connectivity index (χ1n) is 15.3. The van der Waals surface area contributed by atoms with Gasteiger partial charge in [0.1, 0.15) is 0 Å². The van der Waals surface area contributed by atoms with Crippen molar-refractivity contribution in [1.82, 2.24) is 0 Å². The molecule has 0 atom stereocenters. The van der Waals surface area contributed by atoms with Crippen LogP contribution in [-0.4, -0.2) is 33.2 Å². The van der Waals surface area contributed by atoms with Gasteiger partial charge in [-0.2, -0.15) is 0 Å². The first-order valence-corrected chi connectivity index (χ1v) is 15.3. The van der Waals surface area contributed by atoms with Crippen molar-refractivity contribution in [1.29, 1.82) is 0 Å². The van der Waals surface area contributed by atoms with Crippen molar-refractivity contribution in [2.75, 3.05) is 0 Å². The quantitative estimate of drug-likeness (QED) is 0.133. The third kappa shape index (κ3) is 12.1. The molecule has 0 aliphatic rings. The lowest BCUT2D eigenvalue weighted by atomic mass is 9.80. The summed E-state index contributed by atoms with van der Waals surface area (Å²) < 4.78 is 0. The molecule has 0 fully saturated rings. The maximum Gasteiger partial charge on any atom is 0.337 e. The van der Waals surface area contributed by atoms with E-state index in [1.165, 1.54) is 0 Å². The van der Waals surface area contributed by atoms with E-state index in [4.69, 9.17) is 0 Å². The predicted molar refractivity (Wildman–Crippen MR) is 158 cm³/mol. The normalized spacial score (nSPS) is 11.6. The smallest absolute Gasteiger partial charge is 0.337 e. The maximum atomic E-state index is 12.5. The van der Waals surface area contributed by atoms with Crippen LogP contribution in [0.25, 0.3) is 0 Å². The highest BCUT2D eigenvalue weighted by Crippen LogP contribution is 2.34. The second-order valence-corrected chi connectivity index (χ2v) is 12.5. The summed E-state index contributed by atoms with van der Waals surface area (Å²) >= 11 is 0. The third-order valence-electron chi connectivity index (χ3n) is 7.60. The minimum Gasteiger partial charge on any atom is -0.478 e. The first kappa shape index (κ1) is 34.7. The standard InChI is InChI=1S/C33H54O6/c1-22(2)16-10-7-13-19-25-26(20-14-8-11-17-23(3)4)28(31(34)35)30(33(38)39)29(32(36)37)27(25)21-15-9-12-18-24(5)6/h22-24H,7-21H2,1-6H3,(H,34,35)(H,36,37)(H,38,39). The number of hydrogen-bond donors (Lipinski definition) is 3. The molecule has 0 saturated heterocycles. The second-order valence-electron chi connectivity index (χ2n) is 12.5. The van der Waals surface area contributed by atoms with Gasteiger partial charge in [-0.15, -0.1) is 0 Å². The molecule has 1 aromatic rings. The molecule has 222 valence electrons. The average molecular weight is 547 g/mol. The van der Waals surface area contributed by atoms with Crippen LogP contribution < -0.4 is 0 Å². The van der Waals surface area contributed by atoms with Gasteiger partial charge < -0.3 is 15.3 Å².